The molecular weight excluding hydrogens is 210 g/mol. The first-order valence-corrected chi connectivity index (χ1v) is 6.27. The van der Waals surface area contributed by atoms with Gasteiger partial charge in [0.05, 0.1) is 0 Å². The molecule has 1 saturated carbocycles. The Bertz CT molecular complexity index is 372. The molecule has 1 aliphatic carbocycles. The Labute approximate surface area is 104 Å². The van der Waals surface area contributed by atoms with Gasteiger partial charge in [-0.1, -0.05) is 42.0 Å². The normalized spacial score (nSPS) is 23.8. The molecule has 1 aromatic carbocycles. The third kappa shape index (κ3) is 3.42. The maximum atomic E-state index is 5.20. The highest BCUT2D eigenvalue weighted by Crippen LogP contribution is 2.39. The van der Waals surface area contributed by atoms with Crippen molar-refractivity contribution in [1.29, 1.82) is 0 Å². The molecule has 0 spiro atoms. The average molecular weight is 231 g/mol. The predicted octanol–water partition coefficient (Wildman–Crippen LogP) is 2.71. The highest BCUT2D eigenvalue weighted by Gasteiger charge is 2.37. The molecule has 0 aliphatic heterocycles. The zero-order valence-electron chi connectivity index (χ0n) is 10.6. The van der Waals surface area contributed by atoms with Gasteiger partial charge in [0.15, 0.2) is 0 Å². The van der Waals surface area contributed by atoms with Crippen molar-refractivity contribution < 1.29 is 4.74 Å². The maximum Gasteiger partial charge on any atom is 0.0499 e. The van der Waals surface area contributed by atoms with Gasteiger partial charge in [-0.15, -0.1) is 0 Å². The summed E-state index contributed by atoms with van der Waals surface area (Å²) in [7, 11) is 3.81. The van der Waals surface area contributed by atoms with Gasteiger partial charge in [0.1, 0.15) is 0 Å². The number of hydrogen-bond donors (Lipinski definition) is 1. The van der Waals surface area contributed by atoms with Crippen LogP contribution in [0.3, 0.4) is 0 Å². The van der Waals surface area contributed by atoms with Crippen LogP contribution in [0.4, 0.5) is 0 Å². The van der Waals surface area contributed by atoms with Gasteiger partial charge < -0.3 is 10.1 Å². The van der Waals surface area contributed by atoms with E-state index in [1.807, 2.05) is 7.05 Å². The Morgan fingerprint density at radius 3 is 2.76 bits per heavy atom. The van der Waals surface area contributed by atoms with Crippen molar-refractivity contribution in [1.82, 2.24) is 5.32 Å². The Morgan fingerprint density at radius 2 is 2.18 bits per heavy atom. The first-order chi connectivity index (χ1) is 8.35. The smallest absolute Gasteiger partial charge is 0.0499 e. The summed E-state index contributed by atoms with van der Waals surface area (Å²) in [6.07, 6.45) is 4.62. The van der Waals surface area contributed by atoms with E-state index in [0.717, 1.165) is 13.0 Å². The molecule has 1 aliphatic rings. The van der Waals surface area contributed by atoms with Crippen LogP contribution in [0, 0.1) is 5.92 Å². The summed E-state index contributed by atoms with van der Waals surface area (Å²) in [6, 6.07) is 11.2. The van der Waals surface area contributed by atoms with Gasteiger partial charge in [0, 0.05) is 19.8 Å². The van der Waals surface area contributed by atoms with Gasteiger partial charge in [-0.2, -0.15) is 0 Å². The second-order valence-electron chi connectivity index (χ2n) is 4.61. The van der Waals surface area contributed by atoms with Crippen LogP contribution in [0.2, 0.25) is 0 Å². The molecule has 2 nitrogen and oxygen atoms in total. The molecule has 0 saturated heterocycles. The Balaban J connectivity index is 2.07. The molecule has 0 aromatic heterocycles. The standard InChI is InChI=1S/C15H21NO/c1-16-15-11-14(15)13(8-9-17-2)10-12-6-4-3-5-7-12/h3-7,10,14-16H,8-9,11H2,1-2H3/b13-10+/t14-,15?/m0/s1. The lowest BCUT2D eigenvalue weighted by molar-refractivity contribution is 0.201. The molecule has 17 heavy (non-hydrogen) atoms. The van der Waals surface area contributed by atoms with Crippen molar-refractivity contribution in [3.63, 3.8) is 0 Å². The molecule has 92 valence electrons. The third-order valence-corrected chi connectivity index (χ3v) is 3.38. The van der Waals surface area contributed by atoms with E-state index in [0.29, 0.717) is 12.0 Å². The highest BCUT2D eigenvalue weighted by molar-refractivity contribution is 5.54. The molecule has 2 atom stereocenters. The minimum atomic E-state index is 0.668. The van der Waals surface area contributed by atoms with E-state index >= 15 is 0 Å². The van der Waals surface area contributed by atoms with E-state index in [9.17, 15) is 0 Å². The number of nitrogens with one attached hydrogen (secondary N) is 1. The molecule has 1 N–H and O–H groups in total. The van der Waals surface area contributed by atoms with Gasteiger partial charge in [-0.3, -0.25) is 0 Å². The summed E-state index contributed by atoms with van der Waals surface area (Å²) >= 11 is 0. The molecule has 0 amide bonds. The van der Waals surface area contributed by atoms with Gasteiger partial charge in [-0.25, -0.2) is 0 Å². The molecular formula is C15H21NO. The average Bonchev–Trinajstić information content (AvgIpc) is 3.15. The summed E-state index contributed by atoms with van der Waals surface area (Å²) in [5.74, 6) is 0.704. The summed E-state index contributed by atoms with van der Waals surface area (Å²) in [6.45, 7) is 0.811. The molecule has 1 unspecified atom stereocenters. The van der Waals surface area contributed by atoms with Crippen LogP contribution < -0.4 is 5.32 Å². The van der Waals surface area contributed by atoms with Crippen LogP contribution in [0.1, 0.15) is 18.4 Å². The molecule has 1 fully saturated rings. The van der Waals surface area contributed by atoms with Crippen molar-refractivity contribution in [2.24, 2.45) is 5.92 Å². The van der Waals surface area contributed by atoms with Crippen LogP contribution in [0.5, 0.6) is 0 Å². The molecule has 0 bridgehead atoms. The number of ether oxygens (including phenoxy) is 1. The number of benzene rings is 1. The summed E-state index contributed by atoms with van der Waals surface area (Å²) in [5, 5.41) is 3.35. The fourth-order valence-electron chi connectivity index (χ4n) is 2.27. The largest absolute Gasteiger partial charge is 0.384 e. The van der Waals surface area contributed by atoms with Crippen molar-refractivity contribution in [3.05, 3.63) is 41.5 Å². The van der Waals surface area contributed by atoms with Crippen LogP contribution in [-0.4, -0.2) is 26.8 Å². The lowest BCUT2D eigenvalue weighted by atomic mass is 10.0. The predicted molar refractivity (Wildman–Crippen MR) is 71.9 cm³/mol. The van der Waals surface area contributed by atoms with Gasteiger partial charge >= 0.3 is 0 Å². The van der Waals surface area contributed by atoms with E-state index in [1.165, 1.54) is 17.6 Å². The first-order valence-electron chi connectivity index (χ1n) is 6.27. The highest BCUT2D eigenvalue weighted by atomic mass is 16.5. The SMILES string of the molecule is CNC1C[C@H]1/C(=C/c1ccccc1)CCOC. The Morgan fingerprint density at radius 1 is 1.41 bits per heavy atom. The fraction of sp³-hybridized carbons (Fsp3) is 0.467. The Kier molecular flexibility index (Phi) is 4.35. The zero-order chi connectivity index (χ0) is 12.1. The second-order valence-corrected chi connectivity index (χ2v) is 4.61. The van der Waals surface area contributed by atoms with E-state index in [2.05, 4.69) is 41.7 Å². The zero-order valence-corrected chi connectivity index (χ0v) is 10.6. The van der Waals surface area contributed by atoms with Gasteiger partial charge in [-0.05, 0) is 31.4 Å². The van der Waals surface area contributed by atoms with Crippen LogP contribution >= 0.6 is 0 Å². The van der Waals surface area contributed by atoms with Gasteiger partial charge in [0.2, 0.25) is 0 Å². The third-order valence-electron chi connectivity index (χ3n) is 3.38. The van der Waals surface area contributed by atoms with E-state index in [-0.39, 0.29) is 0 Å². The van der Waals surface area contributed by atoms with E-state index in [4.69, 9.17) is 4.74 Å². The Hall–Kier alpha value is -1.12. The fourth-order valence-corrected chi connectivity index (χ4v) is 2.27. The molecule has 1 aromatic rings. The van der Waals surface area contributed by atoms with Crippen LogP contribution in [0.25, 0.3) is 6.08 Å². The molecule has 0 radical (unpaired) electrons. The quantitative estimate of drug-likeness (QED) is 0.813. The number of hydrogen-bond acceptors (Lipinski definition) is 2. The lowest BCUT2D eigenvalue weighted by Crippen LogP contribution is -2.12. The minimum absolute atomic E-state index is 0.668. The lowest BCUT2D eigenvalue weighted by Gasteiger charge is -2.07. The number of methoxy groups -OCH3 is 1. The summed E-state index contributed by atoms with van der Waals surface area (Å²) in [5.41, 5.74) is 2.80. The van der Waals surface area contributed by atoms with E-state index < -0.39 is 0 Å². The topological polar surface area (TPSA) is 21.3 Å². The summed E-state index contributed by atoms with van der Waals surface area (Å²) < 4.78 is 5.20. The van der Waals surface area contributed by atoms with Crippen molar-refractivity contribution in [2.75, 3.05) is 20.8 Å². The van der Waals surface area contributed by atoms with Crippen molar-refractivity contribution >= 4 is 6.08 Å². The molecule has 2 rings (SSSR count). The minimum Gasteiger partial charge on any atom is -0.384 e. The maximum absolute atomic E-state index is 5.20. The van der Waals surface area contributed by atoms with Crippen molar-refractivity contribution in [3.8, 4) is 0 Å². The number of rotatable bonds is 6. The molecule has 0 heterocycles. The van der Waals surface area contributed by atoms with Crippen molar-refractivity contribution in [2.45, 2.75) is 18.9 Å². The summed E-state index contributed by atoms with van der Waals surface area (Å²) in [4.78, 5) is 0. The van der Waals surface area contributed by atoms with Crippen LogP contribution in [-0.2, 0) is 4.74 Å². The van der Waals surface area contributed by atoms with Gasteiger partial charge in [0.25, 0.3) is 0 Å². The monoisotopic (exact) mass is 231 g/mol. The second kappa shape index (κ2) is 5.99. The van der Waals surface area contributed by atoms with Crippen LogP contribution in [0.15, 0.2) is 35.9 Å². The molecule has 2 heteroatoms. The van der Waals surface area contributed by atoms with E-state index in [1.54, 1.807) is 7.11 Å². The first kappa shape index (κ1) is 12.3.